The van der Waals surface area contributed by atoms with Crippen molar-refractivity contribution in [3.63, 3.8) is 0 Å². The predicted octanol–water partition coefficient (Wildman–Crippen LogP) is 5.34. The van der Waals surface area contributed by atoms with E-state index < -0.39 is 0 Å². The second-order valence-corrected chi connectivity index (χ2v) is 7.96. The normalized spacial score (nSPS) is 11.0. The Balaban J connectivity index is 1.42. The average molecular weight is 410 g/mol. The number of halogens is 1. The van der Waals surface area contributed by atoms with Crippen molar-refractivity contribution >= 4 is 28.5 Å². The summed E-state index contributed by atoms with van der Waals surface area (Å²) in [4.78, 5) is 16.8. The minimum Gasteiger partial charge on any atom is -0.356 e. The molecule has 0 spiro atoms. The van der Waals surface area contributed by atoms with Gasteiger partial charge >= 0.3 is 0 Å². The van der Waals surface area contributed by atoms with Gasteiger partial charge in [0.1, 0.15) is 5.82 Å². The third kappa shape index (κ3) is 6.20. The third-order valence-electron chi connectivity index (χ3n) is 4.84. The second kappa shape index (κ2) is 10.3. The summed E-state index contributed by atoms with van der Waals surface area (Å²) in [5.41, 5.74) is 4.30. The number of carbonyl (C=O) groups is 1. The van der Waals surface area contributed by atoms with E-state index in [1.165, 1.54) is 5.52 Å². The smallest absolute Gasteiger partial charge is 0.224 e. The first kappa shape index (κ1) is 21.1. The van der Waals surface area contributed by atoms with Gasteiger partial charge in [-0.25, -0.2) is 4.98 Å². The van der Waals surface area contributed by atoms with Gasteiger partial charge in [-0.1, -0.05) is 54.4 Å². The molecule has 1 amide bonds. The maximum atomic E-state index is 12.0. The number of aryl methyl sites for hydroxylation is 1. The molecule has 2 aromatic carbocycles. The van der Waals surface area contributed by atoms with Gasteiger partial charge in [-0.2, -0.15) is 0 Å². The van der Waals surface area contributed by atoms with Crippen molar-refractivity contribution in [1.82, 2.24) is 14.9 Å². The number of aromatic nitrogens is 2. The fraction of sp³-hybridized carbons (Fsp3) is 0.333. The SMILES string of the molecule is C=C(C)Cn1c(CCCCCNC(=O)Cc2ccc(Cl)cc2)nc2ccccc21. The van der Waals surface area contributed by atoms with Crippen molar-refractivity contribution in [2.24, 2.45) is 0 Å². The minimum absolute atomic E-state index is 0.0515. The summed E-state index contributed by atoms with van der Waals surface area (Å²) in [6, 6.07) is 15.6. The molecule has 0 aliphatic rings. The number of rotatable bonds is 10. The summed E-state index contributed by atoms with van der Waals surface area (Å²) in [6.45, 7) is 7.61. The number of carbonyl (C=O) groups excluding carboxylic acids is 1. The zero-order valence-corrected chi connectivity index (χ0v) is 17.7. The van der Waals surface area contributed by atoms with Gasteiger partial charge in [-0.05, 0) is 49.6 Å². The van der Waals surface area contributed by atoms with Crippen molar-refractivity contribution in [2.45, 2.75) is 45.6 Å². The first-order chi connectivity index (χ1) is 14.0. The quantitative estimate of drug-likeness (QED) is 0.363. The molecule has 3 rings (SSSR count). The topological polar surface area (TPSA) is 46.9 Å². The molecule has 0 aliphatic heterocycles. The highest BCUT2D eigenvalue weighted by Gasteiger charge is 2.10. The van der Waals surface area contributed by atoms with Crippen LogP contribution in [0.15, 0.2) is 60.7 Å². The summed E-state index contributed by atoms with van der Waals surface area (Å²) >= 11 is 5.87. The lowest BCUT2D eigenvalue weighted by Gasteiger charge is -2.09. The van der Waals surface area contributed by atoms with Crippen LogP contribution >= 0.6 is 11.6 Å². The lowest BCUT2D eigenvalue weighted by Crippen LogP contribution is -2.26. The highest BCUT2D eigenvalue weighted by atomic mass is 35.5. The van der Waals surface area contributed by atoms with E-state index >= 15 is 0 Å². The highest BCUT2D eigenvalue weighted by Crippen LogP contribution is 2.19. The van der Waals surface area contributed by atoms with Crippen LogP contribution in [-0.4, -0.2) is 22.0 Å². The second-order valence-electron chi connectivity index (χ2n) is 7.52. The fourth-order valence-corrected chi connectivity index (χ4v) is 3.55. The summed E-state index contributed by atoms with van der Waals surface area (Å²) in [7, 11) is 0. The molecule has 5 heteroatoms. The third-order valence-corrected chi connectivity index (χ3v) is 5.09. The van der Waals surface area contributed by atoms with E-state index in [4.69, 9.17) is 16.6 Å². The number of hydrogen-bond donors (Lipinski definition) is 1. The van der Waals surface area contributed by atoms with E-state index in [0.717, 1.165) is 54.7 Å². The number of imidazole rings is 1. The van der Waals surface area contributed by atoms with Crippen molar-refractivity contribution in [1.29, 1.82) is 0 Å². The number of para-hydroxylation sites is 2. The Morgan fingerprint density at radius 2 is 1.86 bits per heavy atom. The van der Waals surface area contributed by atoms with E-state index in [1.807, 2.05) is 37.3 Å². The van der Waals surface area contributed by atoms with Crippen molar-refractivity contribution in [2.75, 3.05) is 6.54 Å². The van der Waals surface area contributed by atoms with Crippen LogP contribution < -0.4 is 5.32 Å². The Labute approximate surface area is 177 Å². The Morgan fingerprint density at radius 1 is 1.10 bits per heavy atom. The monoisotopic (exact) mass is 409 g/mol. The van der Waals surface area contributed by atoms with Crippen LogP contribution in [0.25, 0.3) is 11.0 Å². The van der Waals surface area contributed by atoms with Gasteiger partial charge in [-0.15, -0.1) is 0 Å². The van der Waals surface area contributed by atoms with Crippen molar-refractivity contribution < 1.29 is 4.79 Å². The molecule has 1 heterocycles. The van der Waals surface area contributed by atoms with Crippen molar-refractivity contribution in [3.05, 3.63) is 77.1 Å². The number of hydrogen-bond acceptors (Lipinski definition) is 2. The molecular formula is C24H28ClN3O. The van der Waals surface area contributed by atoms with E-state index in [0.29, 0.717) is 18.0 Å². The molecule has 0 fully saturated rings. The molecule has 29 heavy (non-hydrogen) atoms. The Kier molecular flexibility index (Phi) is 7.48. The van der Waals surface area contributed by atoms with Gasteiger partial charge in [0.15, 0.2) is 0 Å². The standard InChI is InChI=1S/C24H28ClN3O/c1-18(2)17-28-22-9-6-5-8-21(22)27-23(28)10-4-3-7-15-26-24(29)16-19-11-13-20(25)14-12-19/h5-6,8-9,11-14H,1,3-4,7,10,15-17H2,2H3,(H,26,29). The van der Waals surface area contributed by atoms with Crippen LogP contribution in [0, 0.1) is 0 Å². The van der Waals surface area contributed by atoms with Gasteiger partial charge in [0.25, 0.3) is 0 Å². The lowest BCUT2D eigenvalue weighted by atomic mass is 10.1. The maximum absolute atomic E-state index is 12.0. The Bertz CT molecular complexity index is 975. The molecule has 0 saturated heterocycles. The van der Waals surface area contributed by atoms with E-state index in [1.54, 1.807) is 0 Å². The summed E-state index contributed by atoms with van der Waals surface area (Å²) in [5, 5.41) is 3.69. The number of nitrogens with one attached hydrogen (secondary N) is 1. The number of unbranched alkanes of at least 4 members (excludes halogenated alkanes) is 2. The maximum Gasteiger partial charge on any atom is 0.224 e. The van der Waals surface area contributed by atoms with Crippen LogP contribution in [-0.2, 0) is 24.2 Å². The molecule has 0 aliphatic carbocycles. The van der Waals surface area contributed by atoms with Crippen LogP contribution in [0.3, 0.4) is 0 Å². The molecule has 1 aromatic heterocycles. The number of benzene rings is 2. The average Bonchev–Trinajstić information content (AvgIpc) is 3.03. The molecule has 3 aromatic rings. The van der Waals surface area contributed by atoms with E-state index in [-0.39, 0.29) is 5.91 Å². The van der Waals surface area contributed by atoms with Gasteiger partial charge in [0.05, 0.1) is 17.5 Å². The number of allylic oxidation sites excluding steroid dienone is 1. The molecule has 1 N–H and O–H groups in total. The van der Waals surface area contributed by atoms with Gasteiger partial charge in [0.2, 0.25) is 5.91 Å². The largest absolute Gasteiger partial charge is 0.356 e. The molecule has 0 unspecified atom stereocenters. The Hall–Kier alpha value is -2.59. The summed E-state index contributed by atoms with van der Waals surface area (Å²) < 4.78 is 2.27. The fourth-order valence-electron chi connectivity index (χ4n) is 3.43. The molecular weight excluding hydrogens is 382 g/mol. The van der Waals surface area contributed by atoms with Crippen LogP contribution in [0.4, 0.5) is 0 Å². The van der Waals surface area contributed by atoms with Crippen LogP contribution in [0.2, 0.25) is 5.02 Å². The number of fused-ring (bicyclic) bond motifs is 1. The molecule has 0 radical (unpaired) electrons. The van der Waals surface area contributed by atoms with Crippen molar-refractivity contribution in [3.8, 4) is 0 Å². The Morgan fingerprint density at radius 3 is 2.62 bits per heavy atom. The van der Waals surface area contributed by atoms with Crippen LogP contribution in [0.1, 0.15) is 37.6 Å². The van der Waals surface area contributed by atoms with Crippen LogP contribution in [0.5, 0.6) is 0 Å². The molecule has 0 bridgehead atoms. The zero-order chi connectivity index (χ0) is 20.6. The van der Waals surface area contributed by atoms with Gasteiger partial charge < -0.3 is 9.88 Å². The lowest BCUT2D eigenvalue weighted by molar-refractivity contribution is -0.120. The molecule has 0 atom stereocenters. The van der Waals surface area contributed by atoms with Gasteiger partial charge in [-0.3, -0.25) is 4.79 Å². The zero-order valence-electron chi connectivity index (χ0n) is 17.0. The number of nitrogens with zero attached hydrogens (tertiary/aromatic N) is 2. The molecule has 0 saturated carbocycles. The first-order valence-corrected chi connectivity index (χ1v) is 10.5. The number of amides is 1. The van der Waals surface area contributed by atoms with E-state index in [9.17, 15) is 4.79 Å². The molecule has 152 valence electrons. The highest BCUT2D eigenvalue weighted by molar-refractivity contribution is 6.30. The van der Waals surface area contributed by atoms with Gasteiger partial charge in [0, 0.05) is 24.5 Å². The summed E-state index contributed by atoms with van der Waals surface area (Å²) in [5.74, 6) is 1.16. The van der Waals surface area contributed by atoms with E-state index in [2.05, 4.69) is 34.7 Å². The summed E-state index contributed by atoms with van der Waals surface area (Å²) in [6.07, 6.45) is 4.39. The predicted molar refractivity (Wildman–Crippen MR) is 120 cm³/mol. The minimum atomic E-state index is 0.0515. The molecule has 4 nitrogen and oxygen atoms in total. The first-order valence-electron chi connectivity index (χ1n) is 10.1.